The average Bonchev–Trinajstić information content (AvgIpc) is 2.61. The van der Waals surface area contributed by atoms with E-state index in [9.17, 15) is 9.59 Å². The minimum absolute atomic E-state index is 0.0854. The van der Waals surface area contributed by atoms with Crippen LogP contribution in [0.25, 0.3) is 0 Å². The fourth-order valence-corrected chi connectivity index (χ4v) is 3.84. The van der Waals surface area contributed by atoms with Crippen molar-refractivity contribution < 1.29 is 14.3 Å². The van der Waals surface area contributed by atoms with Crippen LogP contribution in [0.2, 0.25) is 0 Å². The summed E-state index contributed by atoms with van der Waals surface area (Å²) in [5, 5.41) is 5.86. The normalized spacial score (nSPS) is 24.2. The van der Waals surface area contributed by atoms with Crippen LogP contribution >= 0.6 is 0 Å². The van der Waals surface area contributed by atoms with Gasteiger partial charge in [0.2, 0.25) is 5.91 Å². The molecule has 0 unspecified atom stereocenters. The van der Waals surface area contributed by atoms with Crippen molar-refractivity contribution >= 4 is 23.2 Å². The van der Waals surface area contributed by atoms with E-state index in [0.29, 0.717) is 17.1 Å². The summed E-state index contributed by atoms with van der Waals surface area (Å²) in [6.45, 7) is 5.70. The highest BCUT2D eigenvalue weighted by Crippen LogP contribution is 2.36. The van der Waals surface area contributed by atoms with Crippen LogP contribution in [0, 0.1) is 11.8 Å². The molecule has 1 aromatic rings. The zero-order chi connectivity index (χ0) is 18.7. The molecule has 1 fully saturated rings. The third-order valence-corrected chi connectivity index (χ3v) is 5.59. The number of ether oxygens (including phenoxy) is 1. The van der Waals surface area contributed by atoms with Crippen LogP contribution in [0.15, 0.2) is 18.2 Å². The summed E-state index contributed by atoms with van der Waals surface area (Å²) in [5.41, 5.74) is 0.426. The molecule has 5 heteroatoms. The molecule has 0 spiro atoms. The number of anilines is 2. The first-order valence-corrected chi connectivity index (χ1v) is 9.84. The zero-order valence-electron chi connectivity index (χ0n) is 16.1. The fourth-order valence-electron chi connectivity index (χ4n) is 3.84. The van der Waals surface area contributed by atoms with Crippen molar-refractivity contribution in [1.29, 1.82) is 0 Å². The lowest BCUT2D eigenvalue weighted by Crippen LogP contribution is -2.45. The van der Waals surface area contributed by atoms with Crippen LogP contribution in [0.5, 0.6) is 5.75 Å². The molecule has 142 valence electrons. The van der Waals surface area contributed by atoms with Crippen LogP contribution < -0.4 is 15.4 Å². The molecule has 1 aliphatic carbocycles. The lowest BCUT2D eigenvalue weighted by atomic mass is 9.79. The van der Waals surface area contributed by atoms with Gasteiger partial charge in [-0.25, -0.2) is 0 Å². The minimum atomic E-state index is -0.881. The summed E-state index contributed by atoms with van der Waals surface area (Å²) >= 11 is 0. The van der Waals surface area contributed by atoms with Crippen molar-refractivity contribution in [2.45, 2.75) is 71.3 Å². The first-order valence-electron chi connectivity index (χ1n) is 9.84. The summed E-state index contributed by atoms with van der Waals surface area (Å²) in [4.78, 5) is 24.6. The van der Waals surface area contributed by atoms with Gasteiger partial charge in [0, 0.05) is 11.6 Å². The summed E-state index contributed by atoms with van der Waals surface area (Å²) in [6, 6.07) is 5.40. The van der Waals surface area contributed by atoms with E-state index in [2.05, 4.69) is 17.6 Å². The Bertz CT molecular complexity index is 676. The lowest BCUT2D eigenvalue weighted by Gasteiger charge is -2.32. The van der Waals surface area contributed by atoms with Crippen molar-refractivity contribution in [3.05, 3.63) is 18.2 Å². The largest absolute Gasteiger partial charge is 0.476 e. The first-order chi connectivity index (χ1) is 12.4. The van der Waals surface area contributed by atoms with Gasteiger partial charge in [0.15, 0.2) is 5.60 Å². The number of hydrogen-bond acceptors (Lipinski definition) is 3. The van der Waals surface area contributed by atoms with Gasteiger partial charge in [0.1, 0.15) is 5.75 Å². The molecule has 0 atom stereocenters. The van der Waals surface area contributed by atoms with E-state index in [1.165, 1.54) is 19.3 Å². The van der Waals surface area contributed by atoms with E-state index in [4.69, 9.17) is 4.74 Å². The second kappa shape index (κ2) is 7.68. The molecule has 0 aromatic heterocycles. The SMILES string of the molecule is CCCCC1CCC(C(=O)Nc2ccc3c(c2)NC(=O)C(C)(C)O3)CC1. The number of nitrogens with one attached hydrogen (secondary N) is 2. The number of rotatable bonds is 5. The highest BCUT2D eigenvalue weighted by Gasteiger charge is 2.35. The Morgan fingerprint density at radius 2 is 2.00 bits per heavy atom. The Labute approximate surface area is 155 Å². The molecular formula is C21H30N2O3. The van der Waals surface area contributed by atoms with E-state index in [1.807, 2.05) is 6.07 Å². The van der Waals surface area contributed by atoms with Gasteiger partial charge >= 0.3 is 0 Å². The van der Waals surface area contributed by atoms with E-state index < -0.39 is 5.60 Å². The summed E-state index contributed by atoms with van der Waals surface area (Å²) < 4.78 is 5.73. The summed E-state index contributed by atoms with van der Waals surface area (Å²) in [5.74, 6) is 1.41. The van der Waals surface area contributed by atoms with Gasteiger partial charge in [-0.1, -0.05) is 26.2 Å². The number of benzene rings is 1. The molecule has 0 saturated heterocycles. The van der Waals surface area contributed by atoms with E-state index in [1.54, 1.807) is 26.0 Å². The molecule has 2 aliphatic rings. The number of carbonyl (C=O) groups is 2. The minimum Gasteiger partial charge on any atom is -0.476 e. The van der Waals surface area contributed by atoms with Crippen LogP contribution in [-0.2, 0) is 9.59 Å². The molecule has 2 N–H and O–H groups in total. The van der Waals surface area contributed by atoms with Gasteiger partial charge in [0.25, 0.3) is 5.91 Å². The van der Waals surface area contributed by atoms with Gasteiger partial charge in [0.05, 0.1) is 5.69 Å². The van der Waals surface area contributed by atoms with Crippen LogP contribution in [-0.4, -0.2) is 17.4 Å². The van der Waals surface area contributed by atoms with Gasteiger partial charge < -0.3 is 15.4 Å². The standard InChI is InChI=1S/C21H30N2O3/c1-4-5-6-14-7-9-15(10-8-14)19(24)22-16-11-12-18-17(13-16)23-20(25)21(2,3)26-18/h11-15H,4-10H2,1-3H3,(H,22,24)(H,23,25). The molecule has 1 heterocycles. The maximum atomic E-state index is 12.6. The van der Waals surface area contributed by atoms with Gasteiger partial charge in [-0.3, -0.25) is 9.59 Å². The lowest BCUT2D eigenvalue weighted by molar-refractivity contribution is -0.129. The van der Waals surface area contributed by atoms with Crippen molar-refractivity contribution in [2.24, 2.45) is 11.8 Å². The Morgan fingerprint density at radius 1 is 1.27 bits per heavy atom. The predicted octanol–water partition coefficient (Wildman–Crippen LogP) is 4.73. The maximum absolute atomic E-state index is 12.6. The molecule has 1 aromatic carbocycles. The topological polar surface area (TPSA) is 67.4 Å². The van der Waals surface area contributed by atoms with Gasteiger partial charge in [-0.05, 0) is 63.6 Å². The molecule has 0 radical (unpaired) electrons. The van der Waals surface area contributed by atoms with Crippen molar-refractivity contribution in [1.82, 2.24) is 0 Å². The molecular weight excluding hydrogens is 328 g/mol. The van der Waals surface area contributed by atoms with Crippen LogP contribution in [0.3, 0.4) is 0 Å². The highest BCUT2D eigenvalue weighted by molar-refractivity contribution is 6.01. The third kappa shape index (κ3) is 4.19. The quantitative estimate of drug-likeness (QED) is 0.799. The summed E-state index contributed by atoms with van der Waals surface area (Å²) in [7, 11) is 0. The number of fused-ring (bicyclic) bond motifs is 1. The zero-order valence-corrected chi connectivity index (χ0v) is 16.1. The van der Waals surface area contributed by atoms with Crippen molar-refractivity contribution in [3.8, 4) is 5.75 Å². The summed E-state index contributed by atoms with van der Waals surface area (Å²) in [6.07, 6.45) is 8.09. The monoisotopic (exact) mass is 358 g/mol. The number of amides is 2. The Balaban J connectivity index is 1.57. The molecule has 2 amide bonds. The van der Waals surface area contributed by atoms with Gasteiger partial charge in [-0.15, -0.1) is 0 Å². The second-order valence-corrected chi connectivity index (χ2v) is 8.13. The number of carbonyl (C=O) groups excluding carboxylic acids is 2. The van der Waals surface area contributed by atoms with Crippen molar-refractivity contribution in [3.63, 3.8) is 0 Å². The molecule has 26 heavy (non-hydrogen) atoms. The number of hydrogen-bond donors (Lipinski definition) is 2. The second-order valence-electron chi connectivity index (χ2n) is 8.13. The smallest absolute Gasteiger partial charge is 0.268 e. The molecule has 1 saturated carbocycles. The Morgan fingerprint density at radius 3 is 2.69 bits per heavy atom. The Kier molecular flexibility index (Phi) is 5.54. The third-order valence-electron chi connectivity index (χ3n) is 5.59. The van der Waals surface area contributed by atoms with Crippen LogP contribution in [0.1, 0.15) is 65.7 Å². The first kappa shape index (κ1) is 18.7. The molecule has 1 aliphatic heterocycles. The predicted molar refractivity (Wildman–Crippen MR) is 103 cm³/mol. The molecule has 3 rings (SSSR count). The Hall–Kier alpha value is -2.04. The fraction of sp³-hybridized carbons (Fsp3) is 0.619. The number of unbranched alkanes of at least 4 members (excludes halogenated alkanes) is 1. The molecule has 5 nitrogen and oxygen atoms in total. The average molecular weight is 358 g/mol. The van der Waals surface area contributed by atoms with Crippen LogP contribution in [0.4, 0.5) is 11.4 Å². The van der Waals surface area contributed by atoms with E-state index >= 15 is 0 Å². The highest BCUT2D eigenvalue weighted by atomic mass is 16.5. The van der Waals surface area contributed by atoms with E-state index in [-0.39, 0.29) is 17.7 Å². The van der Waals surface area contributed by atoms with E-state index in [0.717, 1.165) is 31.6 Å². The van der Waals surface area contributed by atoms with Gasteiger partial charge in [-0.2, -0.15) is 0 Å². The molecule has 0 bridgehead atoms. The van der Waals surface area contributed by atoms with Crippen molar-refractivity contribution in [2.75, 3.05) is 10.6 Å². The maximum Gasteiger partial charge on any atom is 0.268 e.